The average Bonchev–Trinajstić information content (AvgIpc) is 2.67. The lowest BCUT2D eigenvalue weighted by molar-refractivity contribution is 0.0625. The predicted molar refractivity (Wildman–Crippen MR) is 106 cm³/mol. The van der Waals surface area contributed by atoms with Gasteiger partial charge in [0, 0.05) is 52.5 Å². The minimum atomic E-state index is -0.0432. The first kappa shape index (κ1) is 20.2. The van der Waals surface area contributed by atoms with E-state index in [-0.39, 0.29) is 5.91 Å². The lowest BCUT2D eigenvalue weighted by Gasteiger charge is -2.26. The number of hydrogen-bond acceptors (Lipinski definition) is 3. The zero-order valence-electron chi connectivity index (χ0n) is 16.3. The first-order valence-corrected chi connectivity index (χ1v) is 9.44. The fourth-order valence-electron chi connectivity index (χ4n) is 3.14. The summed E-state index contributed by atoms with van der Waals surface area (Å²) in [6, 6.07) is 7.61. The summed E-state index contributed by atoms with van der Waals surface area (Å²) in [6.45, 7) is 5.94. The molecule has 0 spiro atoms. The molecule has 1 fully saturated rings. The second-order valence-corrected chi connectivity index (χ2v) is 6.87. The molecule has 1 aromatic rings. The Morgan fingerprint density at radius 3 is 2.69 bits per heavy atom. The molecule has 1 heterocycles. The van der Waals surface area contributed by atoms with E-state index in [0.29, 0.717) is 18.7 Å². The van der Waals surface area contributed by atoms with Crippen LogP contribution in [-0.2, 0) is 4.74 Å². The van der Waals surface area contributed by atoms with Gasteiger partial charge in [0.05, 0.1) is 0 Å². The maximum Gasteiger partial charge on any atom is 0.251 e. The van der Waals surface area contributed by atoms with Gasteiger partial charge in [0.15, 0.2) is 5.96 Å². The van der Waals surface area contributed by atoms with Crippen LogP contribution in [0.15, 0.2) is 29.3 Å². The molecule has 0 aliphatic carbocycles. The Balaban J connectivity index is 1.66. The first-order chi connectivity index (χ1) is 12.6. The van der Waals surface area contributed by atoms with Gasteiger partial charge >= 0.3 is 0 Å². The van der Waals surface area contributed by atoms with Crippen LogP contribution in [0.3, 0.4) is 0 Å². The van der Waals surface area contributed by atoms with Gasteiger partial charge in [-0.25, -0.2) is 0 Å². The van der Waals surface area contributed by atoms with Crippen LogP contribution in [0.25, 0.3) is 0 Å². The third kappa shape index (κ3) is 6.67. The van der Waals surface area contributed by atoms with Crippen molar-refractivity contribution >= 4 is 11.9 Å². The number of nitrogens with one attached hydrogen (secondary N) is 2. The largest absolute Gasteiger partial charge is 0.381 e. The van der Waals surface area contributed by atoms with E-state index >= 15 is 0 Å². The molecule has 2 N–H and O–H groups in total. The summed E-state index contributed by atoms with van der Waals surface area (Å²) in [5.74, 6) is 1.57. The molecule has 0 bridgehead atoms. The lowest BCUT2D eigenvalue weighted by atomic mass is 9.96. The zero-order chi connectivity index (χ0) is 18.8. The number of rotatable bonds is 7. The summed E-state index contributed by atoms with van der Waals surface area (Å²) >= 11 is 0. The predicted octanol–water partition coefficient (Wildman–Crippen LogP) is 2.05. The highest BCUT2D eigenvalue weighted by Gasteiger charge is 2.15. The number of ether oxygens (including phenoxy) is 1. The van der Waals surface area contributed by atoms with E-state index in [1.807, 2.05) is 31.2 Å². The number of carbonyl (C=O) groups excluding carboxylic acids is 1. The number of carbonyl (C=O) groups is 1. The summed E-state index contributed by atoms with van der Waals surface area (Å²) in [5.41, 5.74) is 1.78. The van der Waals surface area contributed by atoms with Crippen molar-refractivity contribution in [1.82, 2.24) is 15.5 Å². The van der Waals surface area contributed by atoms with E-state index in [2.05, 4.69) is 27.6 Å². The Morgan fingerprint density at radius 2 is 2.00 bits per heavy atom. The molecule has 1 aromatic carbocycles. The van der Waals surface area contributed by atoms with Gasteiger partial charge in [-0.1, -0.05) is 17.7 Å². The summed E-state index contributed by atoms with van der Waals surface area (Å²) in [7, 11) is 3.85. The fraction of sp³-hybridized carbons (Fsp3) is 0.600. The van der Waals surface area contributed by atoms with E-state index in [4.69, 9.17) is 4.74 Å². The number of aliphatic imine (C=N–C) groups is 1. The molecule has 144 valence electrons. The average molecular weight is 361 g/mol. The Hall–Kier alpha value is -2.08. The number of nitrogens with zero attached hydrogens (tertiary/aromatic N) is 2. The molecule has 6 nitrogen and oxygen atoms in total. The second kappa shape index (κ2) is 10.8. The van der Waals surface area contributed by atoms with Crippen molar-refractivity contribution < 1.29 is 9.53 Å². The molecule has 1 aliphatic heterocycles. The van der Waals surface area contributed by atoms with Crippen LogP contribution in [0.2, 0.25) is 0 Å². The number of amides is 1. The Bertz CT molecular complexity index is 597. The Kier molecular flexibility index (Phi) is 8.41. The van der Waals surface area contributed by atoms with Crippen LogP contribution < -0.4 is 10.6 Å². The molecule has 1 aliphatic rings. The van der Waals surface area contributed by atoms with Crippen molar-refractivity contribution in [3.8, 4) is 0 Å². The monoisotopic (exact) mass is 360 g/mol. The van der Waals surface area contributed by atoms with Crippen molar-refractivity contribution in [1.29, 1.82) is 0 Å². The highest BCUT2D eigenvalue weighted by molar-refractivity contribution is 5.94. The van der Waals surface area contributed by atoms with Gasteiger partial charge in [0.1, 0.15) is 0 Å². The molecule has 0 aromatic heterocycles. The van der Waals surface area contributed by atoms with Gasteiger partial charge in [0.2, 0.25) is 0 Å². The molecule has 1 amide bonds. The van der Waals surface area contributed by atoms with E-state index in [0.717, 1.165) is 56.5 Å². The summed E-state index contributed by atoms with van der Waals surface area (Å²) in [4.78, 5) is 18.6. The standard InChI is InChI=1S/C20H32N4O2/c1-16-5-4-6-18(15-16)19(25)22-10-11-23-20(21-2)24(3)12-7-17-8-13-26-14-9-17/h4-6,15,17H,7-14H2,1-3H3,(H,21,23)(H,22,25). The van der Waals surface area contributed by atoms with Gasteiger partial charge in [-0.05, 0) is 44.2 Å². The van der Waals surface area contributed by atoms with Gasteiger partial charge in [0.25, 0.3) is 5.91 Å². The maximum absolute atomic E-state index is 12.1. The number of hydrogen-bond donors (Lipinski definition) is 2. The third-order valence-corrected chi connectivity index (χ3v) is 4.76. The van der Waals surface area contributed by atoms with E-state index in [1.165, 1.54) is 0 Å². The van der Waals surface area contributed by atoms with Crippen molar-refractivity contribution in [3.63, 3.8) is 0 Å². The van der Waals surface area contributed by atoms with Crippen molar-refractivity contribution in [2.24, 2.45) is 10.9 Å². The molecular formula is C20H32N4O2. The van der Waals surface area contributed by atoms with Gasteiger partial charge in [-0.2, -0.15) is 0 Å². The van der Waals surface area contributed by atoms with E-state index in [1.54, 1.807) is 7.05 Å². The minimum Gasteiger partial charge on any atom is -0.381 e. The summed E-state index contributed by atoms with van der Waals surface area (Å²) in [5, 5.41) is 6.25. The third-order valence-electron chi connectivity index (χ3n) is 4.76. The van der Waals surface area contributed by atoms with Crippen LogP contribution in [0.4, 0.5) is 0 Å². The second-order valence-electron chi connectivity index (χ2n) is 6.87. The molecule has 6 heteroatoms. The molecule has 2 rings (SSSR count). The lowest BCUT2D eigenvalue weighted by Crippen LogP contribution is -2.43. The maximum atomic E-state index is 12.1. The molecule has 0 radical (unpaired) electrons. The van der Waals surface area contributed by atoms with Crippen LogP contribution in [0, 0.1) is 12.8 Å². The number of guanidine groups is 1. The Morgan fingerprint density at radius 1 is 1.27 bits per heavy atom. The van der Waals surface area contributed by atoms with Gasteiger partial charge in [-0.15, -0.1) is 0 Å². The quantitative estimate of drug-likeness (QED) is 0.444. The van der Waals surface area contributed by atoms with Crippen molar-refractivity contribution in [3.05, 3.63) is 35.4 Å². The fourth-order valence-corrected chi connectivity index (χ4v) is 3.14. The van der Waals surface area contributed by atoms with Crippen LogP contribution in [0.5, 0.6) is 0 Å². The van der Waals surface area contributed by atoms with E-state index < -0.39 is 0 Å². The van der Waals surface area contributed by atoms with E-state index in [9.17, 15) is 4.79 Å². The smallest absolute Gasteiger partial charge is 0.251 e. The molecule has 26 heavy (non-hydrogen) atoms. The van der Waals surface area contributed by atoms with Crippen LogP contribution >= 0.6 is 0 Å². The molecular weight excluding hydrogens is 328 g/mol. The Labute approximate surface area is 157 Å². The molecule has 0 saturated carbocycles. The molecule has 1 saturated heterocycles. The van der Waals surface area contributed by atoms with Gasteiger partial charge in [-0.3, -0.25) is 9.79 Å². The molecule has 0 atom stereocenters. The van der Waals surface area contributed by atoms with Crippen molar-refractivity contribution in [2.75, 3.05) is 46.9 Å². The first-order valence-electron chi connectivity index (χ1n) is 9.44. The summed E-state index contributed by atoms with van der Waals surface area (Å²) < 4.78 is 5.41. The minimum absolute atomic E-state index is 0.0432. The summed E-state index contributed by atoms with van der Waals surface area (Å²) in [6.07, 6.45) is 3.47. The number of benzene rings is 1. The molecule has 0 unspecified atom stereocenters. The van der Waals surface area contributed by atoms with Gasteiger partial charge < -0.3 is 20.3 Å². The van der Waals surface area contributed by atoms with Crippen LogP contribution in [0.1, 0.15) is 35.2 Å². The topological polar surface area (TPSA) is 66.0 Å². The zero-order valence-corrected chi connectivity index (χ0v) is 16.3. The van der Waals surface area contributed by atoms with Crippen LogP contribution in [-0.4, -0.2) is 63.7 Å². The number of aryl methyl sites for hydroxylation is 1. The normalized spacial score (nSPS) is 15.6. The highest BCUT2D eigenvalue weighted by Crippen LogP contribution is 2.18. The SMILES string of the molecule is CN=C(NCCNC(=O)c1cccc(C)c1)N(C)CCC1CCOCC1. The van der Waals surface area contributed by atoms with Crippen molar-refractivity contribution in [2.45, 2.75) is 26.2 Å². The highest BCUT2D eigenvalue weighted by atomic mass is 16.5.